The van der Waals surface area contributed by atoms with Crippen molar-refractivity contribution in [2.45, 2.75) is 45.7 Å². The summed E-state index contributed by atoms with van der Waals surface area (Å²) >= 11 is 0. The number of nitrogens with zero attached hydrogens (tertiary/aromatic N) is 4. The minimum atomic E-state index is -0.764. The molecule has 176 valence electrons. The number of nitrogens with two attached hydrogens (primary N) is 1. The number of anilines is 2. The number of rotatable bonds is 9. The molecule has 1 aromatic carbocycles. The summed E-state index contributed by atoms with van der Waals surface area (Å²) in [5.41, 5.74) is 4.75. The third-order valence-electron chi connectivity index (χ3n) is 5.29. The molecule has 3 N–H and O–H groups in total. The van der Waals surface area contributed by atoms with Gasteiger partial charge in [0.05, 0.1) is 16.5 Å². The van der Waals surface area contributed by atoms with Gasteiger partial charge in [0.15, 0.2) is 11.3 Å². The van der Waals surface area contributed by atoms with Crippen LogP contribution in [0.15, 0.2) is 37.0 Å². The van der Waals surface area contributed by atoms with Crippen LogP contribution in [0.4, 0.5) is 17.2 Å². The Labute approximate surface area is 186 Å². The minimum absolute atomic E-state index is 0.0322. The Morgan fingerprint density at radius 2 is 1.91 bits per heavy atom. The Balaban J connectivity index is 1.75. The van der Waals surface area contributed by atoms with Gasteiger partial charge in [-0.2, -0.15) is 0 Å². The van der Waals surface area contributed by atoms with Gasteiger partial charge in [0.2, 0.25) is 5.91 Å². The number of aromatic nitrogens is 3. The normalized spacial score (nSPS) is 11.1. The van der Waals surface area contributed by atoms with Crippen LogP contribution in [0.1, 0.15) is 32.6 Å². The van der Waals surface area contributed by atoms with Gasteiger partial charge in [-0.25, -0.2) is 9.59 Å². The fraction of sp³-hybridized carbons (Fsp3) is 0.400. The van der Waals surface area contributed by atoms with Crippen molar-refractivity contribution in [3.8, 4) is 0 Å². The van der Waals surface area contributed by atoms with E-state index in [1.54, 1.807) is 0 Å². The summed E-state index contributed by atoms with van der Waals surface area (Å²) in [7, 11) is 1.39. The molecule has 0 spiro atoms. The summed E-state index contributed by atoms with van der Waals surface area (Å²) in [5, 5.41) is 10.9. The Kier molecular flexibility index (Phi) is 6.80. The number of nitro groups is 1. The molecule has 0 atom stereocenters. The van der Waals surface area contributed by atoms with Crippen LogP contribution in [-0.2, 0) is 17.9 Å². The quantitative estimate of drug-likeness (QED) is 0.353. The standard InChI is InChI=1S/C20H24N6O7/c1-3-4-9-25-17(21)16(18(28)22-19(25)29)23(2)15(27)6-5-10-24-13-8-7-12(26(31)32)11-14(13)33-20(24)30/h7-8,11H,3-6,9-10,21H2,1-2H3,(H,22,28,29). The van der Waals surface area contributed by atoms with Crippen LogP contribution >= 0.6 is 0 Å². The van der Waals surface area contributed by atoms with E-state index in [0.29, 0.717) is 18.5 Å². The zero-order chi connectivity index (χ0) is 24.3. The molecule has 13 heteroatoms. The minimum Gasteiger partial charge on any atom is -0.407 e. The van der Waals surface area contributed by atoms with Gasteiger partial charge < -0.3 is 15.1 Å². The lowest BCUT2D eigenvalue weighted by Gasteiger charge is -2.20. The lowest BCUT2D eigenvalue weighted by Crippen LogP contribution is -2.39. The maximum absolute atomic E-state index is 12.7. The summed E-state index contributed by atoms with van der Waals surface area (Å²) in [6.07, 6.45) is 1.67. The van der Waals surface area contributed by atoms with Crippen molar-refractivity contribution in [2.24, 2.45) is 0 Å². The number of nitrogens with one attached hydrogen (secondary N) is 1. The summed E-state index contributed by atoms with van der Waals surface area (Å²) in [6, 6.07) is 3.83. The highest BCUT2D eigenvalue weighted by Crippen LogP contribution is 2.21. The van der Waals surface area contributed by atoms with Crippen LogP contribution in [0, 0.1) is 10.1 Å². The first kappa shape index (κ1) is 23.5. The van der Waals surface area contributed by atoms with E-state index in [-0.39, 0.29) is 42.2 Å². The molecular weight excluding hydrogens is 436 g/mol. The molecular formula is C20H24N6O7. The second kappa shape index (κ2) is 9.54. The molecule has 2 aromatic heterocycles. The summed E-state index contributed by atoms with van der Waals surface area (Å²) in [4.78, 5) is 62.8. The lowest BCUT2D eigenvalue weighted by molar-refractivity contribution is -0.384. The molecule has 0 fully saturated rings. The molecule has 3 aromatic rings. The number of H-pyrrole nitrogens is 1. The van der Waals surface area contributed by atoms with Gasteiger partial charge in [0, 0.05) is 32.6 Å². The van der Waals surface area contributed by atoms with Crippen molar-refractivity contribution in [3.63, 3.8) is 0 Å². The van der Waals surface area contributed by atoms with Crippen molar-refractivity contribution in [3.05, 3.63) is 59.7 Å². The van der Waals surface area contributed by atoms with Crippen LogP contribution in [0.5, 0.6) is 0 Å². The number of nitrogen functional groups attached to an aromatic ring is 1. The molecule has 0 saturated heterocycles. The second-order valence-electron chi connectivity index (χ2n) is 7.48. The number of non-ortho nitro benzene ring substituents is 1. The Morgan fingerprint density at radius 1 is 1.21 bits per heavy atom. The van der Waals surface area contributed by atoms with Crippen molar-refractivity contribution in [1.82, 2.24) is 14.1 Å². The number of nitro benzene ring substituents is 1. The fourth-order valence-corrected chi connectivity index (χ4v) is 3.50. The molecule has 1 amide bonds. The molecule has 0 bridgehead atoms. The number of hydrogen-bond donors (Lipinski definition) is 2. The molecule has 3 rings (SSSR count). The molecule has 0 saturated carbocycles. The number of amides is 1. The maximum atomic E-state index is 12.7. The first-order chi connectivity index (χ1) is 15.6. The van der Waals surface area contributed by atoms with E-state index in [0.717, 1.165) is 17.4 Å². The van der Waals surface area contributed by atoms with E-state index in [4.69, 9.17) is 10.2 Å². The van der Waals surface area contributed by atoms with Gasteiger partial charge in [0.1, 0.15) is 5.82 Å². The van der Waals surface area contributed by atoms with Crippen LogP contribution in [0.3, 0.4) is 0 Å². The van der Waals surface area contributed by atoms with Crippen molar-refractivity contribution in [1.29, 1.82) is 0 Å². The largest absolute Gasteiger partial charge is 0.419 e. The number of unbranched alkanes of at least 4 members (excludes halogenated alkanes) is 1. The zero-order valence-electron chi connectivity index (χ0n) is 18.2. The Hall–Kier alpha value is -4.16. The number of carbonyl (C=O) groups excluding carboxylic acids is 1. The van der Waals surface area contributed by atoms with Gasteiger partial charge in [-0.1, -0.05) is 13.3 Å². The van der Waals surface area contributed by atoms with Crippen LogP contribution in [0.25, 0.3) is 11.1 Å². The van der Waals surface area contributed by atoms with E-state index in [2.05, 4.69) is 4.98 Å². The molecule has 13 nitrogen and oxygen atoms in total. The fourth-order valence-electron chi connectivity index (χ4n) is 3.50. The van der Waals surface area contributed by atoms with Crippen molar-refractivity contribution >= 4 is 34.2 Å². The number of hydrogen-bond acceptors (Lipinski definition) is 8. The molecule has 0 radical (unpaired) electrons. The van der Waals surface area contributed by atoms with E-state index in [9.17, 15) is 29.3 Å². The highest BCUT2D eigenvalue weighted by Gasteiger charge is 2.21. The molecule has 0 aliphatic heterocycles. The third kappa shape index (κ3) is 4.71. The van der Waals surface area contributed by atoms with Crippen molar-refractivity contribution < 1.29 is 14.1 Å². The monoisotopic (exact) mass is 460 g/mol. The number of aromatic amines is 1. The molecule has 0 unspecified atom stereocenters. The highest BCUT2D eigenvalue weighted by atomic mass is 16.6. The molecule has 33 heavy (non-hydrogen) atoms. The number of fused-ring (bicyclic) bond motifs is 1. The molecule has 0 aliphatic rings. The van der Waals surface area contributed by atoms with Crippen LogP contribution < -0.4 is 27.6 Å². The summed E-state index contributed by atoms with van der Waals surface area (Å²) in [5.74, 6) is -1.23. The van der Waals surface area contributed by atoms with E-state index < -0.39 is 27.8 Å². The topological polar surface area (TPSA) is 179 Å². The first-order valence-electron chi connectivity index (χ1n) is 10.3. The number of aryl methyl sites for hydroxylation is 1. The number of oxazole rings is 1. The van der Waals surface area contributed by atoms with E-state index >= 15 is 0 Å². The molecule has 2 heterocycles. The Morgan fingerprint density at radius 3 is 2.58 bits per heavy atom. The molecule has 0 aliphatic carbocycles. The second-order valence-corrected chi connectivity index (χ2v) is 7.48. The van der Waals surface area contributed by atoms with Crippen molar-refractivity contribution in [2.75, 3.05) is 17.7 Å². The van der Waals surface area contributed by atoms with E-state index in [1.807, 2.05) is 6.92 Å². The predicted octanol–water partition coefficient (Wildman–Crippen LogP) is 1.18. The average molecular weight is 460 g/mol. The number of benzene rings is 1. The Bertz CT molecular complexity index is 1380. The first-order valence-corrected chi connectivity index (χ1v) is 10.3. The van der Waals surface area contributed by atoms with Gasteiger partial charge >= 0.3 is 11.4 Å². The predicted molar refractivity (Wildman–Crippen MR) is 120 cm³/mol. The maximum Gasteiger partial charge on any atom is 0.419 e. The van der Waals surface area contributed by atoms with Crippen LogP contribution in [-0.4, -0.2) is 32.0 Å². The lowest BCUT2D eigenvalue weighted by atomic mass is 10.2. The summed E-state index contributed by atoms with van der Waals surface area (Å²) < 4.78 is 7.56. The van der Waals surface area contributed by atoms with Gasteiger partial charge in [-0.3, -0.25) is 33.8 Å². The number of carbonyl (C=O) groups is 1. The smallest absolute Gasteiger partial charge is 0.407 e. The van der Waals surface area contributed by atoms with Crippen LogP contribution in [0.2, 0.25) is 0 Å². The van der Waals surface area contributed by atoms with Gasteiger partial charge in [0.25, 0.3) is 11.2 Å². The third-order valence-corrected chi connectivity index (χ3v) is 5.29. The van der Waals surface area contributed by atoms with Gasteiger partial charge in [-0.15, -0.1) is 0 Å². The zero-order valence-corrected chi connectivity index (χ0v) is 18.2. The SMILES string of the molecule is CCCCn1c(N)c(N(C)C(=O)CCCn2c(=O)oc3cc([N+](=O)[O-])ccc32)c(=O)[nH]c1=O. The highest BCUT2D eigenvalue weighted by molar-refractivity contribution is 5.94. The average Bonchev–Trinajstić information content (AvgIpc) is 3.07. The summed E-state index contributed by atoms with van der Waals surface area (Å²) in [6.45, 7) is 2.37. The van der Waals surface area contributed by atoms with Gasteiger partial charge in [-0.05, 0) is 18.9 Å². The van der Waals surface area contributed by atoms with E-state index in [1.165, 1.54) is 28.3 Å².